The molecule has 15 heteroatoms. The molecule has 1 aliphatic heterocycles. The van der Waals surface area contributed by atoms with E-state index in [-0.39, 0.29) is 63.7 Å². The van der Waals surface area contributed by atoms with Crippen LogP contribution in [0, 0.1) is 0 Å². The van der Waals surface area contributed by atoms with Gasteiger partial charge in [-0.25, -0.2) is 0 Å². The Balaban J connectivity index is 0.000000281. The Morgan fingerprint density at radius 3 is 0.647 bits per heavy atom. The smallest absolute Gasteiger partial charge is 0.850 e. The van der Waals surface area contributed by atoms with Gasteiger partial charge in [-0.15, -0.1) is 5.60 Å². The molecular formula is C101H122KN3O9P2. The number of nitrogens with zero attached hydrogens (tertiary/aromatic N) is 3. The second-order valence-electron chi connectivity index (χ2n) is 28.4. The third-order valence-corrected chi connectivity index (χ3v) is 22.7. The van der Waals surface area contributed by atoms with Crippen LogP contribution in [0.4, 0.5) is 17.1 Å². The molecule has 10 aromatic rings. The SMILES string of the molecule is C1CCOC1.CC(C)(C)[O-].CCN(CC)c1ccc(/C=C/c2ccc(/C=C/c3ccc(-c4ccc(/C=C/c5ccc(/C=C/c6ccc(N(CC)CC)cc6)cc5)cc4)cc3)cc2)cc1.CCN(CC)c1ccc(/C=C/c2ccc(C=O)cc2)cc1.CCOP(=O)(Cc1ccc(-c2ccc(CP(=O)(OCC)OCC)cc2)cc1)OCC.[K+]. The maximum absolute atomic E-state index is 12.7. The van der Waals surface area contributed by atoms with E-state index >= 15 is 0 Å². The van der Waals surface area contributed by atoms with E-state index in [4.69, 9.17) is 22.8 Å². The Morgan fingerprint density at radius 2 is 0.483 bits per heavy atom. The van der Waals surface area contributed by atoms with Crippen LogP contribution >= 0.6 is 15.2 Å². The van der Waals surface area contributed by atoms with E-state index in [1.807, 2.05) is 72.8 Å². The third kappa shape index (κ3) is 35.2. The maximum atomic E-state index is 12.7. The molecule has 0 radical (unpaired) electrons. The van der Waals surface area contributed by atoms with Crippen LogP contribution in [0.25, 0.3) is 83.0 Å². The van der Waals surface area contributed by atoms with Gasteiger partial charge in [0.25, 0.3) is 0 Å². The number of hydrogen-bond donors (Lipinski definition) is 0. The van der Waals surface area contributed by atoms with E-state index in [1.54, 1.807) is 48.5 Å². The van der Waals surface area contributed by atoms with Gasteiger partial charge >= 0.3 is 66.6 Å². The summed E-state index contributed by atoms with van der Waals surface area (Å²) in [4.78, 5) is 17.7. The fraction of sp³-hybridized carbons (Fsp3) is 0.297. The van der Waals surface area contributed by atoms with Gasteiger partial charge in [0, 0.05) is 75.1 Å². The van der Waals surface area contributed by atoms with Crippen molar-refractivity contribution < 1.29 is 93.2 Å². The second-order valence-corrected chi connectivity index (χ2v) is 32.5. The molecule has 0 atom stereocenters. The number of aldehydes is 1. The van der Waals surface area contributed by atoms with Gasteiger partial charge in [0.15, 0.2) is 0 Å². The summed E-state index contributed by atoms with van der Waals surface area (Å²) in [7, 11) is -6.23. The molecule has 1 saturated heterocycles. The Kier molecular flexibility index (Phi) is 43.8. The van der Waals surface area contributed by atoms with Crippen molar-refractivity contribution in [3.05, 3.63) is 315 Å². The third-order valence-electron chi connectivity index (χ3n) is 18.6. The predicted octanol–water partition coefficient (Wildman–Crippen LogP) is 23.1. The first-order valence-electron chi connectivity index (χ1n) is 40.8. The summed E-state index contributed by atoms with van der Waals surface area (Å²) >= 11 is 0. The largest absolute Gasteiger partial charge is 1.00 e. The zero-order valence-electron chi connectivity index (χ0n) is 71.2. The molecule has 0 aliphatic carbocycles. The van der Waals surface area contributed by atoms with Crippen LogP contribution < -0.4 is 71.2 Å². The molecule has 10 aromatic carbocycles. The molecule has 0 bridgehead atoms. The van der Waals surface area contributed by atoms with Gasteiger partial charge in [0.1, 0.15) is 6.29 Å². The first kappa shape index (κ1) is 96.7. The van der Waals surface area contributed by atoms with Crippen LogP contribution in [0.15, 0.2) is 243 Å². The summed E-state index contributed by atoms with van der Waals surface area (Å²) in [5.74, 6) is 0. The predicted molar refractivity (Wildman–Crippen MR) is 492 cm³/mol. The maximum Gasteiger partial charge on any atom is 1.00 e. The van der Waals surface area contributed by atoms with Crippen LogP contribution in [0.3, 0.4) is 0 Å². The summed E-state index contributed by atoms with van der Waals surface area (Å²) in [6.07, 6.45) is 25.5. The summed E-state index contributed by atoms with van der Waals surface area (Å²) in [6, 6.07) is 84.3. The summed E-state index contributed by atoms with van der Waals surface area (Å²) in [5.41, 5.74) is 21.8. The topological polar surface area (TPSA) is 130 Å². The molecule has 0 N–H and O–H groups in total. The van der Waals surface area contributed by atoms with Gasteiger partial charge in [-0.2, -0.15) is 0 Å². The van der Waals surface area contributed by atoms with E-state index in [1.165, 1.54) is 91.1 Å². The van der Waals surface area contributed by atoms with Gasteiger partial charge < -0.3 is 42.6 Å². The van der Waals surface area contributed by atoms with Crippen LogP contribution in [0.1, 0.15) is 180 Å². The molecule has 0 amide bonds. The Bertz CT molecular complexity index is 4390. The van der Waals surface area contributed by atoms with Crippen molar-refractivity contribution in [3.63, 3.8) is 0 Å². The van der Waals surface area contributed by atoms with Crippen molar-refractivity contribution in [3.8, 4) is 22.3 Å². The number of anilines is 3. The van der Waals surface area contributed by atoms with Gasteiger partial charge in [-0.3, -0.25) is 13.9 Å². The number of carbonyl (C=O) groups is 1. The van der Waals surface area contributed by atoms with E-state index in [0.29, 0.717) is 32.0 Å². The average molecular weight is 1620 g/mol. The Hall–Kier alpha value is -8.17. The second kappa shape index (κ2) is 52.6. The Morgan fingerprint density at radius 1 is 0.310 bits per heavy atom. The van der Waals surface area contributed by atoms with Crippen molar-refractivity contribution in [2.24, 2.45) is 0 Å². The van der Waals surface area contributed by atoms with E-state index in [0.717, 1.165) is 86.6 Å². The molecule has 12 nitrogen and oxygen atoms in total. The number of hydrogen-bond acceptors (Lipinski definition) is 12. The molecule has 0 aromatic heterocycles. The zero-order valence-corrected chi connectivity index (χ0v) is 76.1. The normalized spacial score (nSPS) is 12.1. The van der Waals surface area contributed by atoms with Crippen molar-refractivity contribution >= 4 is 99.3 Å². The van der Waals surface area contributed by atoms with E-state index < -0.39 is 20.8 Å². The van der Waals surface area contributed by atoms with Crippen LogP contribution in [0.5, 0.6) is 0 Å². The van der Waals surface area contributed by atoms with E-state index in [9.17, 15) is 19.0 Å². The van der Waals surface area contributed by atoms with Crippen molar-refractivity contribution in [1.29, 1.82) is 0 Å². The minimum atomic E-state index is -3.12. The molecule has 0 spiro atoms. The van der Waals surface area contributed by atoms with Crippen molar-refractivity contribution in [1.82, 2.24) is 0 Å². The monoisotopic (exact) mass is 1620 g/mol. The Labute approximate surface area is 737 Å². The van der Waals surface area contributed by atoms with Crippen molar-refractivity contribution in [2.75, 3.05) is 93.6 Å². The minimum Gasteiger partial charge on any atom is -0.850 e. The molecule has 1 aliphatic rings. The average Bonchev–Trinajstić information content (AvgIpc) is 0.847. The van der Waals surface area contributed by atoms with Gasteiger partial charge in [-0.1, -0.05) is 288 Å². The zero-order chi connectivity index (χ0) is 82.7. The molecule has 11 rings (SSSR count). The molecular weight excluding hydrogens is 1500 g/mol. The molecule has 1 heterocycles. The summed E-state index contributed by atoms with van der Waals surface area (Å²) < 4.78 is 51.8. The van der Waals surface area contributed by atoms with Crippen LogP contribution in [-0.4, -0.2) is 90.8 Å². The first-order valence-corrected chi connectivity index (χ1v) is 44.3. The molecule has 606 valence electrons. The number of ether oxygens (including phenoxy) is 1. The number of carbonyl (C=O) groups excluding carboxylic acids is 1. The van der Waals surface area contributed by atoms with Crippen molar-refractivity contribution in [2.45, 2.75) is 121 Å². The summed E-state index contributed by atoms with van der Waals surface area (Å²) in [6.45, 7) is 34.8. The molecule has 1 fully saturated rings. The molecule has 116 heavy (non-hydrogen) atoms. The van der Waals surface area contributed by atoms with E-state index in [2.05, 4.69) is 287 Å². The number of benzene rings is 10. The van der Waals surface area contributed by atoms with Crippen LogP contribution in [0.2, 0.25) is 0 Å². The quantitative estimate of drug-likeness (QED) is 0.0165. The van der Waals surface area contributed by atoms with Crippen LogP contribution in [-0.2, 0) is 44.3 Å². The van der Waals surface area contributed by atoms with Gasteiger partial charge in [0.05, 0.1) is 38.8 Å². The molecule has 0 unspecified atom stereocenters. The fourth-order valence-electron chi connectivity index (χ4n) is 12.4. The standard InChI is InChI=1S/C52H52N2.C22H32O6P2.C19H21NO.C4H8O.C4H9O.K/c1-5-53(6-2)51-37-29-47(30-38-51)23-19-43-13-9-41(10-14-43)17-21-45-25-33-49(34-26-45)50-35-27-46(28-36-50)22-18-42-11-15-44(16-12-42)20-24-48-31-39-52(40-32-48)54(7-3)8-4;1-5-25-29(23,26-6-2)17-19-9-13-21(14-10-19)22-15-11-20(12-16-22)18-30(24,27-7-3)28-8-4;1-3-20(4-2)19-13-11-17(12-14-19)6-5-16-7-9-18(15-21)10-8-16;1-2-4-5-3-1;1-4(2,3)5;/h9-40H,5-8H2,1-4H3;9-16H,5-8,17-18H2,1-4H3;5-15H,3-4H2,1-2H3;1-4H2;1-3H3;/q;;;;-1;+1/b21-17+,22-18+,23-19+,24-20+;;6-5+;;;. The van der Waals surface area contributed by atoms with Gasteiger partial charge in [-0.05, 0) is 207 Å². The number of rotatable bonds is 34. The van der Waals surface area contributed by atoms with Gasteiger partial charge in [0.2, 0.25) is 0 Å². The fourth-order valence-corrected chi connectivity index (χ4v) is 15.8. The first-order chi connectivity index (χ1) is 55.7. The molecule has 0 saturated carbocycles. The minimum absolute atomic E-state index is 0. The summed E-state index contributed by atoms with van der Waals surface area (Å²) in [5, 5.41) is 10.1.